The lowest BCUT2D eigenvalue weighted by Crippen LogP contribution is -2.14. The van der Waals surface area contributed by atoms with Crippen LogP contribution >= 0.6 is 11.6 Å². The van der Waals surface area contributed by atoms with Crippen LogP contribution in [-0.4, -0.2) is 6.04 Å². The lowest BCUT2D eigenvalue weighted by atomic mass is 10.1. The van der Waals surface area contributed by atoms with Gasteiger partial charge in [0.1, 0.15) is 6.07 Å². The van der Waals surface area contributed by atoms with Crippen molar-refractivity contribution in [2.45, 2.75) is 19.4 Å². The van der Waals surface area contributed by atoms with Crippen LogP contribution in [0.3, 0.4) is 0 Å². The first-order chi connectivity index (χ1) is 7.19. The SMILES string of the molecule is C#CCC(C)Nc1cccc(Cl)c1C#N. The van der Waals surface area contributed by atoms with Gasteiger partial charge in [0.05, 0.1) is 16.3 Å². The second-order valence-electron chi connectivity index (χ2n) is 3.23. The second-order valence-corrected chi connectivity index (χ2v) is 3.64. The summed E-state index contributed by atoms with van der Waals surface area (Å²) in [4.78, 5) is 0. The van der Waals surface area contributed by atoms with E-state index in [4.69, 9.17) is 23.3 Å². The number of benzene rings is 1. The van der Waals surface area contributed by atoms with E-state index >= 15 is 0 Å². The number of hydrogen-bond donors (Lipinski definition) is 1. The maximum Gasteiger partial charge on any atom is 0.103 e. The molecule has 0 aliphatic rings. The van der Waals surface area contributed by atoms with E-state index in [1.165, 1.54) is 0 Å². The van der Waals surface area contributed by atoms with Gasteiger partial charge >= 0.3 is 0 Å². The Balaban J connectivity index is 2.92. The number of rotatable bonds is 3. The fourth-order valence-electron chi connectivity index (χ4n) is 1.25. The van der Waals surface area contributed by atoms with E-state index in [2.05, 4.69) is 17.3 Å². The molecule has 0 aliphatic heterocycles. The number of nitrogens with zero attached hydrogens (tertiary/aromatic N) is 1. The summed E-state index contributed by atoms with van der Waals surface area (Å²) in [6.07, 6.45) is 5.81. The van der Waals surface area contributed by atoms with Crippen molar-refractivity contribution >= 4 is 17.3 Å². The topological polar surface area (TPSA) is 35.8 Å². The molecule has 2 nitrogen and oxygen atoms in total. The lowest BCUT2D eigenvalue weighted by molar-refractivity contribution is 0.828. The normalized spacial score (nSPS) is 11.2. The summed E-state index contributed by atoms with van der Waals surface area (Å²) in [6.45, 7) is 1.96. The molecular weight excluding hydrogens is 208 g/mol. The third kappa shape index (κ3) is 2.91. The third-order valence-electron chi connectivity index (χ3n) is 1.95. The maximum atomic E-state index is 8.93. The van der Waals surface area contributed by atoms with Crippen LogP contribution in [0.2, 0.25) is 5.02 Å². The Morgan fingerprint density at radius 3 is 2.93 bits per heavy atom. The first kappa shape index (κ1) is 11.4. The van der Waals surface area contributed by atoms with Gasteiger partial charge in [-0.1, -0.05) is 17.7 Å². The highest BCUT2D eigenvalue weighted by atomic mass is 35.5. The molecule has 0 saturated carbocycles. The first-order valence-corrected chi connectivity index (χ1v) is 4.95. The zero-order valence-electron chi connectivity index (χ0n) is 8.42. The minimum absolute atomic E-state index is 0.126. The quantitative estimate of drug-likeness (QED) is 0.792. The summed E-state index contributed by atoms with van der Waals surface area (Å²) in [5, 5.41) is 12.5. The zero-order valence-corrected chi connectivity index (χ0v) is 9.17. The van der Waals surface area contributed by atoms with Gasteiger partial charge in [0.2, 0.25) is 0 Å². The average Bonchev–Trinajstić information content (AvgIpc) is 2.18. The summed E-state index contributed by atoms with van der Waals surface area (Å²) < 4.78 is 0. The fourth-order valence-corrected chi connectivity index (χ4v) is 1.47. The van der Waals surface area contributed by atoms with Crippen LogP contribution in [0.25, 0.3) is 0 Å². The molecule has 0 bridgehead atoms. The molecule has 1 aromatic carbocycles. The van der Waals surface area contributed by atoms with Gasteiger partial charge in [0.25, 0.3) is 0 Å². The predicted octanol–water partition coefficient (Wildman–Crippen LogP) is 3.04. The van der Waals surface area contributed by atoms with Crippen molar-refractivity contribution in [3.05, 3.63) is 28.8 Å². The Kier molecular flexibility index (Phi) is 4.03. The van der Waals surface area contributed by atoms with Crippen LogP contribution in [-0.2, 0) is 0 Å². The minimum atomic E-state index is 0.126. The van der Waals surface area contributed by atoms with E-state index in [9.17, 15) is 0 Å². The lowest BCUT2D eigenvalue weighted by Gasteiger charge is -2.14. The van der Waals surface area contributed by atoms with E-state index in [1.54, 1.807) is 12.1 Å². The molecule has 0 saturated heterocycles. The van der Waals surface area contributed by atoms with Crippen LogP contribution in [0.5, 0.6) is 0 Å². The Hall–Kier alpha value is -1.64. The molecule has 3 heteroatoms. The molecule has 1 N–H and O–H groups in total. The van der Waals surface area contributed by atoms with Gasteiger partial charge in [-0.05, 0) is 19.1 Å². The average molecular weight is 219 g/mol. The summed E-state index contributed by atoms with van der Waals surface area (Å²) in [5.41, 5.74) is 1.19. The number of hydrogen-bond acceptors (Lipinski definition) is 2. The van der Waals surface area contributed by atoms with Crippen molar-refractivity contribution in [2.24, 2.45) is 0 Å². The number of halogens is 1. The van der Waals surface area contributed by atoms with Crippen molar-refractivity contribution in [3.8, 4) is 18.4 Å². The van der Waals surface area contributed by atoms with E-state index in [0.717, 1.165) is 5.69 Å². The molecular formula is C12H11ClN2. The fraction of sp³-hybridized carbons (Fsp3) is 0.250. The zero-order chi connectivity index (χ0) is 11.3. The summed E-state index contributed by atoms with van der Waals surface area (Å²) in [5.74, 6) is 2.56. The van der Waals surface area contributed by atoms with Crippen molar-refractivity contribution in [1.82, 2.24) is 0 Å². The van der Waals surface area contributed by atoms with Crippen LogP contribution in [0.4, 0.5) is 5.69 Å². The van der Waals surface area contributed by atoms with Crippen molar-refractivity contribution in [1.29, 1.82) is 5.26 Å². The van der Waals surface area contributed by atoms with Gasteiger partial charge in [0.15, 0.2) is 0 Å². The highest BCUT2D eigenvalue weighted by molar-refractivity contribution is 6.32. The van der Waals surface area contributed by atoms with E-state index < -0.39 is 0 Å². The molecule has 0 amide bonds. The Morgan fingerprint density at radius 2 is 2.33 bits per heavy atom. The molecule has 15 heavy (non-hydrogen) atoms. The minimum Gasteiger partial charge on any atom is -0.381 e. The highest BCUT2D eigenvalue weighted by Gasteiger charge is 2.07. The van der Waals surface area contributed by atoms with Crippen LogP contribution < -0.4 is 5.32 Å². The molecule has 0 fully saturated rings. The number of anilines is 1. The van der Waals surface area contributed by atoms with Gasteiger partial charge in [-0.3, -0.25) is 0 Å². The van der Waals surface area contributed by atoms with Crippen LogP contribution in [0, 0.1) is 23.7 Å². The van der Waals surface area contributed by atoms with E-state index in [1.807, 2.05) is 13.0 Å². The smallest absolute Gasteiger partial charge is 0.103 e. The highest BCUT2D eigenvalue weighted by Crippen LogP contribution is 2.23. The van der Waals surface area contributed by atoms with E-state index in [-0.39, 0.29) is 6.04 Å². The van der Waals surface area contributed by atoms with Gasteiger partial charge in [-0.15, -0.1) is 12.3 Å². The first-order valence-electron chi connectivity index (χ1n) is 4.57. The third-order valence-corrected chi connectivity index (χ3v) is 2.27. The molecule has 0 spiro atoms. The summed E-state index contributed by atoms with van der Waals surface area (Å²) in [6, 6.07) is 7.50. The van der Waals surface area contributed by atoms with Crippen LogP contribution in [0.1, 0.15) is 18.9 Å². The Labute approximate surface area is 94.9 Å². The largest absolute Gasteiger partial charge is 0.381 e. The van der Waals surface area contributed by atoms with Crippen molar-refractivity contribution in [2.75, 3.05) is 5.32 Å². The molecule has 0 aromatic heterocycles. The number of terminal acetylenes is 1. The van der Waals surface area contributed by atoms with Crippen molar-refractivity contribution < 1.29 is 0 Å². The van der Waals surface area contributed by atoms with E-state index in [0.29, 0.717) is 17.0 Å². The Morgan fingerprint density at radius 1 is 1.60 bits per heavy atom. The molecule has 1 rings (SSSR count). The number of nitrogens with one attached hydrogen (secondary N) is 1. The maximum absolute atomic E-state index is 8.93. The number of nitriles is 1. The summed E-state index contributed by atoms with van der Waals surface area (Å²) in [7, 11) is 0. The van der Waals surface area contributed by atoms with Crippen LogP contribution in [0.15, 0.2) is 18.2 Å². The predicted molar refractivity (Wildman–Crippen MR) is 62.7 cm³/mol. The standard InChI is InChI=1S/C12H11ClN2/c1-3-5-9(2)15-12-7-4-6-11(13)10(12)8-14/h1,4,6-7,9,15H,5H2,2H3. The molecule has 0 aliphatic carbocycles. The Bertz CT molecular complexity index is 426. The van der Waals surface area contributed by atoms with Gasteiger partial charge in [-0.25, -0.2) is 0 Å². The molecule has 0 radical (unpaired) electrons. The molecule has 1 atom stereocenters. The van der Waals surface area contributed by atoms with Gasteiger partial charge in [0, 0.05) is 12.5 Å². The van der Waals surface area contributed by atoms with Crippen molar-refractivity contribution in [3.63, 3.8) is 0 Å². The molecule has 76 valence electrons. The monoisotopic (exact) mass is 218 g/mol. The summed E-state index contributed by atoms with van der Waals surface area (Å²) >= 11 is 5.89. The van der Waals surface area contributed by atoms with Gasteiger partial charge < -0.3 is 5.32 Å². The van der Waals surface area contributed by atoms with Gasteiger partial charge in [-0.2, -0.15) is 5.26 Å². The molecule has 0 heterocycles. The second kappa shape index (κ2) is 5.29. The molecule has 1 unspecified atom stereocenters. The molecule has 1 aromatic rings.